The maximum atomic E-state index is 8.56. The van der Waals surface area contributed by atoms with Crippen molar-refractivity contribution in [1.29, 1.82) is 0 Å². The Morgan fingerprint density at radius 3 is 2.22 bits per heavy atom. The molecule has 1 heterocycles. The molecule has 9 heavy (non-hydrogen) atoms. The first-order valence-corrected chi connectivity index (χ1v) is 2.84. The predicted molar refractivity (Wildman–Crippen MR) is 33.6 cm³/mol. The lowest BCUT2D eigenvalue weighted by atomic mass is 9.72. The Morgan fingerprint density at radius 2 is 2.11 bits per heavy atom. The third-order valence-corrected chi connectivity index (χ3v) is 1.49. The van der Waals surface area contributed by atoms with Crippen LogP contribution in [0.4, 0.5) is 0 Å². The van der Waals surface area contributed by atoms with E-state index in [0.717, 1.165) is 0 Å². The molecule has 0 radical (unpaired) electrons. The lowest BCUT2D eigenvalue weighted by molar-refractivity contribution is -0.0115. The van der Waals surface area contributed by atoms with Gasteiger partial charge in [-0.3, -0.25) is 0 Å². The molecule has 2 N–H and O–H groups in total. The minimum Gasteiger partial charge on any atom is -0.423 e. The van der Waals surface area contributed by atoms with Gasteiger partial charge in [0.2, 0.25) is 0 Å². The van der Waals surface area contributed by atoms with Gasteiger partial charge in [0.1, 0.15) is 0 Å². The van der Waals surface area contributed by atoms with Crippen molar-refractivity contribution in [2.24, 2.45) is 5.92 Å². The lowest BCUT2D eigenvalue weighted by Crippen LogP contribution is -2.35. The van der Waals surface area contributed by atoms with E-state index in [0.29, 0.717) is 18.7 Å². The number of hydrogen-bond donors (Lipinski definition) is 2. The Labute approximate surface area is 54.1 Å². The molecule has 0 spiro atoms. The van der Waals surface area contributed by atoms with Crippen LogP contribution in [0.2, 0.25) is 0 Å². The van der Waals surface area contributed by atoms with Crippen molar-refractivity contribution < 1.29 is 14.8 Å². The molecule has 0 atom stereocenters. The van der Waals surface area contributed by atoms with Gasteiger partial charge in [0.15, 0.2) is 0 Å². The standard InChI is InChI=1S/C5H9BO3/c1-4(6(7)8)5-2-9-3-5/h5,7-8H,1-3H2. The Balaban J connectivity index is 2.32. The molecule has 50 valence electrons. The monoisotopic (exact) mass is 128 g/mol. The quantitative estimate of drug-likeness (QED) is 0.478. The van der Waals surface area contributed by atoms with E-state index in [-0.39, 0.29) is 5.92 Å². The maximum absolute atomic E-state index is 8.56. The minimum absolute atomic E-state index is 0.157. The molecule has 4 heteroatoms. The Bertz CT molecular complexity index is 119. The molecule has 1 fully saturated rings. The zero-order valence-electron chi connectivity index (χ0n) is 5.08. The Kier molecular flexibility index (Phi) is 1.90. The Morgan fingerprint density at radius 1 is 1.56 bits per heavy atom. The smallest absolute Gasteiger partial charge is 0.423 e. The van der Waals surface area contributed by atoms with Gasteiger partial charge in [-0.2, -0.15) is 0 Å². The normalized spacial score (nSPS) is 18.9. The van der Waals surface area contributed by atoms with Crippen LogP contribution in [-0.4, -0.2) is 30.4 Å². The second-order valence-electron chi connectivity index (χ2n) is 2.18. The van der Waals surface area contributed by atoms with E-state index in [1.54, 1.807) is 0 Å². The summed E-state index contributed by atoms with van der Waals surface area (Å²) in [6, 6.07) is 0. The number of ether oxygens (including phenoxy) is 1. The average molecular weight is 128 g/mol. The summed E-state index contributed by atoms with van der Waals surface area (Å²) >= 11 is 0. The first-order valence-electron chi connectivity index (χ1n) is 2.84. The maximum Gasteiger partial charge on any atom is 0.484 e. The Hall–Kier alpha value is -0.315. The van der Waals surface area contributed by atoms with Crippen LogP contribution in [0.15, 0.2) is 12.1 Å². The molecule has 3 nitrogen and oxygen atoms in total. The zero-order valence-corrected chi connectivity index (χ0v) is 5.08. The summed E-state index contributed by atoms with van der Waals surface area (Å²) in [6.45, 7) is 4.66. The SMILES string of the molecule is C=C(B(O)O)C1COC1. The molecule has 1 aliphatic rings. The molecule has 0 amide bonds. The first kappa shape index (κ1) is 6.80. The van der Waals surface area contributed by atoms with Crippen LogP contribution < -0.4 is 0 Å². The van der Waals surface area contributed by atoms with Gasteiger partial charge in [-0.25, -0.2) is 0 Å². The molecule has 0 aliphatic carbocycles. The number of rotatable bonds is 2. The van der Waals surface area contributed by atoms with Crippen LogP contribution in [0, 0.1) is 5.92 Å². The van der Waals surface area contributed by atoms with Gasteiger partial charge in [0.05, 0.1) is 13.2 Å². The third-order valence-electron chi connectivity index (χ3n) is 1.49. The molecule has 0 aromatic heterocycles. The second kappa shape index (κ2) is 2.52. The highest BCUT2D eigenvalue weighted by atomic mass is 16.5. The molecule has 1 aliphatic heterocycles. The fraction of sp³-hybridized carbons (Fsp3) is 0.600. The summed E-state index contributed by atoms with van der Waals surface area (Å²) in [5, 5.41) is 17.1. The highest BCUT2D eigenvalue weighted by Crippen LogP contribution is 2.18. The van der Waals surface area contributed by atoms with E-state index in [9.17, 15) is 0 Å². The van der Waals surface area contributed by atoms with Crippen molar-refractivity contribution in [3.8, 4) is 0 Å². The number of hydrogen-bond acceptors (Lipinski definition) is 3. The highest BCUT2D eigenvalue weighted by Gasteiger charge is 2.27. The molecule has 0 aromatic carbocycles. The van der Waals surface area contributed by atoms with Crippen LogP contribution in [0.5, 0.6) is 0 Å². The lowest BCUT2D eigenvalue weighted by Gasteiger charge is -2.27. The van der Waals surface area contributed by atoms with E-state index in [2.05, 4.69) is 6.58 Å². The van der Waals surface area contributed by atoms with Crippen LogP contribution in [0.25, 0.3) is 0 Å². The third kappa shape index (κ3) is 1.33. The zero-order chi connectivity index (χ0) is 6.85. The van der Waals surface area contributed by atoms with Gasteiger partial charge < -0.3 is 14.8 Å². The van der Waals surface area contributed by atoms with Crippen molar-refractivity contribution in [2.75, 3.05) is 13.2 Å². The highest BCUT2D eigenvalue weighted by molar-refractivity contribution is 6.50. The van der Waals surface area contributed by atoms with Crippen LogP contribution in [0.1, 0.15) is 0 Å². The van der Waals surface area contributed by atoms with Gasteiger partial charge in [-0.15, -0.1) is 6.58 Å². The molecule has 0 aromatic rings. The summed E-state index contributed by atoms with van der Waals surface area (Å²) in [5.41, 5.74) is 0.459. The minimum atomic E-state index is -1.38. The fourth-order valence-electron chi connectivity index (χ4n) is 0.661. The molecule has 0 bridgehead atoms. The summed E-state index contributed by atoms with van der Waals surface area (Å²) in [6.07, 6.45) is 0. The van der Waals surface area contributed by atoms with Crippen molar-refractivity contribution in [1.82, 2.24) is 0 Å². The van der Waals surface area contributed by atoms with E-state index in [1.165, 1.54) is 0 Å². The van der Waals surface area contributed by atoms with Gasteiger partial charge in [0, 0.05) is 5.92 Å². The molecular formula is C5H9BO3. The fourth-order valence-corrected chi connectivity index (χ4v) is 0.661. The van der Waals surface area contributed by atoms with Crippen molar-refractivity contribution >= 4 is 7.12 Å². The molecule has 0 unspecified atom stereocenters. The predicted octanol–water partition coefficient (Wildman–Crippen LogP) is -0.799. The van der Waals surface area contributed by atoms with Crippen LogP contribution in [-0.2, 0) is 4.74 Å². The van der Waals surface area contributed by atoms with Gasteiger partial charge in [-0.05, 0) is 5.47 Å². The molecular weight excluding hydrogens is 119 g/mol. The van der Waals surface area contributed by atoms with Crippen LogP contribution in [0.3, 0.4) is 0 Å². The molecule has 0 saturated carbocycles. The largest absolute Gasteiger partial charge is 0.484 e. The van der Waals surface area contributed by atoms with Crippen molar-refractivity contribution in [3.05, 3.63) is 12.1 Å². The summed E-state index contributed by atoms with van der Waals surface area (Å²) in [5.74, 6) is 0.157. The van der Waals surface area contributed by atoms with Crippen molar-refractivity contribution in [2.45, 2.75) is 0 Å². The van der Waals surface area contributed by atoms with Crippen LogP contribution >= 0.6 is 0 Å². The van der Waals surface area contributed by atoms with Gasteiger partial charge in [-0.1, -0.05) is 0 Å². The second-order valence-corrected chi connectivity index (χ2v) is 2.18. The van der Waals surface area contributed by atoms with E-state index < -0.39 is 7.12 Å². The van der Waals surface area contributed by atoms with Crippen molar-refractivity contribution in [3.63, 3.8) is 0 Å². The van der Waals surface area contributed by atoms with E-state index in [1.807, 2.05) is 0 Å². The topological polar surface area (TPSA) is 49.7 Å². The summed E-state index contributed by atoms with van der Waals surface area (Å²) in [7, 11) is -1.38. The molecule has 1 saturated heterocycles. The first-order chi connectivity index (χ1) is 4.22. The summed E-state index contributed by atoms with van der Waals surface area (Å²) < 4.78 is 4.82. The molecule has 1 rings (SSSR count). The van der Waals surface area contributed by atoms with E-state index in [4.69, 9.17) is 14.8 Å². The van der Waals surface area contributed by atoms with Gasteiger partial charge in [0.25, 0.3) is 0 Å². The average Bonchev–Trinajstić information content (AvgIpc) is 1.60. The van der Waals surface area contributed by atoms with E-state index >= 15 is 0 Å². The van der Waals surface area contributed by atoms with Gasteiger partial charge >= 0.3 is 7.12 Å². The summed E-state index contributed by atoms with van der Waals surface area (Å²) in [4.78, 5) is 0.